The number of amides is 3. The molecule has 2 aromatic carbocycles. The fraction of sp³-hybridized carbons (Fsp3) is 0.208. The number of aromatic amines is 1. The molecule has 166 valence electrons. The van der Waals surface area contributed by atoms with Crippen LogP contribution in [0.25, 0.3) is 5.57 Å². The predicted octanol–water partition coefficient (Wildman–Crippen LogP) is 2.97. The summed E-state index contributed by atoms with van der Waals surface area (Å²) in [4.78, 5) is 40.6. The molecule has 0 fully saturated rings. The minimum atomic E-state index is -0.937. The lowest BCUT2D eigenvalue weighted by atomic mass is 9.95. The van der Waals surface area contributed by atoms with E-state index in [0.717, 1.165) is 10.5 Å². The number of nitrogens with one attached hydrogen (secondary N) is 1. The van der Waals surface area contributed by atoms with Crippen molar-refractivity contribution in [3.8, 4) is 0 Å². The predicted molar refractivity (Wildman–Crippen MR) is 116 cm³/mol. The number of carbonyl (C=O) groups is 3. The Hall–Kier alpha value is -4.14. The summed E-state index contributed by atoms with van der Waals surface area (Å²) in [5, 5.41) is 10.4. The molecule has 0 radical (unpaired) electrons. The maximum absolute atomic E-state index is 15.3. The average Bonchev–Trinajstić information content (AvgIpc) is 3.43. The maximum atomic E-state index is 15.3. The first kappa shape index (κ1) is 20.7. The van der Waals surface area contributed by atoms with Crippen LogP contribution < -0.4 is 0 Å². The van der Waals surface area contributed by atoms with Gasteiger partial charge >= 0.3 is 0 Å². The van der Waals surface area contributed by atoms with Gasteiger partial charge in [-0.15, -0.1) is 0 Å². The Morgan fingerprint density at radius 1 is 1.09 bits per heavy atom. The molecular formula is C24H20FN5O3. The quantitative estimate of drug-likeness (QED) is 0.623. The van der Waals surface area contributed by atoms with E-state index in [4.69, 9.17) is 0 Å². The number of hydrogen-bond acceptors (Lipinski definition) is 5. The maximum Gasteiger partial charge on any atom is 0.262 e. The topological polar surface area (TPSA) is 99.3 Å². The van der Waals surface area contributed by atoms with Gasteiger partial charge < -0.3 is 4.90 Å². The van der Waals surface area contributed by atoms with Gasteiger partial charge in [0.1, 0.15) is 17.6 Å². The fourth-order valence-corrected chi connectivity index (χ4v) is 4.40. The van der Waals surface area contributed by atoms with Crippen LogP contribution >= 0.6 is 0 Å². The molecule has 8 nitrogen and oxygen atoms in total. The normalized spacial score (nSPS) is 16.6. The van der Waals surface area contributed by atoms with E-state index in [1.165, 1.54) is 19.2 Å². The molecule has 0 saturated heterocycles. The molecule has 5 rings (SSSR count). The van der Waals surface area contributed by atoms with Crippen molar-refractivity contribution < 1.29 is 18.8 Å². The van der Waals surface area contributed by atoms with Crippen molar-refractivity contribution in [3.05, 3.63) is 88.5 Å². The van der Waals surface area contributed by atoms with Gasteiger partial charge in [-0.1, -0.05) is 30.3 Å². The van der Waals surface area contributed by atoms with Crippen molar-refractivity contribution in [1.82, 2.24) is 25.2 Å². The lowest BCUT2D eigenvalue weighted by Crippen LogP contribution is -2.35. The summed E-state index contributed by atoms with van der Waals surface area (Å²) >= 11 is 0. The van der Waals surface area contributed by atoms with E-state index < -0.39 is 23.7 Å². The van der Waals surface area contributed by atoms with Gasteiger partial charge in [0.2, 0.25) is 5.91 Å². The van der Waals surface area contributed by atoms with Gasteiger partial charge in [0.05, 0.1) is 17.3 Å². The summed E-state index contributed by atoms with van der Waals surface area (Å²) in [6.45, 7) is 2.47. The van der Waals surface area contributed by atoms with Crippen LogP contribution in [-0.4, -0.2) is 56.0 Å². The Bertz CT molecular complexity index is 1270. The number of carbonyl (C=O) groups excluding carboxylic acids is 3. The summed E-state index contributed by atoms with van der Waals surface area (Å²) in [5.74, 6) is -1.42. The monoisotopic (exact) mass is 445 g/mol. The Morgan fingerprint density at radius 3 is 2.36 bits per heavy atom. The highest BCUT2D eigenvalue weighted by Gasteiger charge is 2.42. The zero-order chi connectivity index (χ0) is 23.1. The molecule has 3 amide bonds. The zero-order valence-electron chi connectivity index (χ0n) is 17.8. The van der Waals surface area contributed by atoms with Gasteiger partial charge in [-0.2, -0.15) is 15.4 Å². The number of hydrogen-bond donors (Lipinski definition) is 1. The Labute approximate surface area is 188 Å². The smallest absolute Gasteiger partial charge is 0.262 e. The minimum absolute atomic E-state index is 0.0162. The highest BCUT2D eigenvalue weighted by atomic mass is 19.1. The third-order valence-corrected chi connectivity index (χ3v) is 6.11. The molecule has 3 heterocycles. The number of benzene rings is 2. The molecule has 33 heavy (non-hydrogen) atoms. The number of rotatable bonds is 4. The lowest BCUT2D eigenvalue weighted by molar-refractivity contribution is -0.128. The van der Waals surface area contributed by atoms with Crippen molar-refractivity contribution in [2.24, 2.45) is 0 Å². The van der Waals surface area contributed by atoms with Crippen LogP contribution in [0.2, 0.25) is 0 Å². The van der Waals surface area contributed by atoms with E-state index in [2.05, 4.69) is 15.4 Å². The molecule has 2 aliphatic rings. The summed E-state index contributed by atoms with van der Waals surface area (Å²) in [7, 11) is 0. The van der Waals surface area contributed by atoms with Crippen molar-refractivity contribution in [3.63, 3.8) is 0 Å². The molecule has 1 unspecified atom stereocenters. The van der Waals surface area contributed by atoms with Crippen LogP contribution in [0.4, 0.5) is 4.39 Å². The third-order valence-electron chi connectivity index (χ3n) is 6.11. The lowest BCUT2D eigenvalue weighted by Gasteiger charge is -2.27. The van der Waals surface area contributed by atoms with Crippen LogP contribution in [0, 0.1) is 5.82 Å². The van der Waals surface area contributed by atoms with E-state index >= 15 is 4.39 Å². The zero-order valence-corrected chi connectivity index (χ0v) is 17.8. The van der Waals surface area contributed by atoms with Crippen molar-refractivity contribution >= 4 is 23.3 Å². The molecule has 0 spiro atoms. The van der Waals surface area contributed by atoms with Crippen LogP contribution in [0.5, 0.6) is 0 Å². The first-order chi connectivity index (χ1) is 16.0. The third kappa shape index (κ3) is 3.51. The second-order valence-electron chi connectivity index (χ2n) is 8.01. The van der Waals surface area contributed by atoms with E-state index in [1.54, 1.807) is 41.3 Å². The van der Waals surface area contributed by atoms with Crippen LogP contribution in [-0.2, 0) is 4.79 Å². The van der Waals surface area contributed by atoms with Crippen molar-refractivity contribution in [2.75, 3.05) is 13.1 Å². The van der Waals surface area contributed by atoms with E-state index in [9.17, 15) is 14.4 Å². The Morgan fingerprint density at radius 2 is 1.82 bits per heavy atom. The summed E-state index contributed by atoms with van der Waals surface area (Å²) in [6.07, 6.45) is 3.81. The second-order valence-corrected chi connectivity index (χ2v) is 8.01. The van der Waals surface area contributed by atoms with E-state index in [1.807, 2.05) is 6.08 Å². The largest absolute Gasteiger partial charge is 0.339 e. The Balaban J connectivity index is 1.52. The second kappa shape index (κ2) is 8.09. The van der Waals surface area contributed by atoms with Crippen LogP contribution in [0.3, 0.4) is 0 Å². The van der Waals surface area contributed by atoms with Gasteiger partial charge in [-0.05, 0) is 35.8 Å². The van der Waals surface area contributed by atoms with Crippen LogP contribution in [0.1, 0.15) is 56.9 Å². The first-order valence-electron chi connectivity index (χ1n) is 10.5. The standard InChI is InChI=1S/C24H20FN5O3/c1-14(31)29-10-8-15(9-11-29)17-7-6-16(12-20(17)25)22(21-13-26-28-27-21)30-23(32)18-4-2-3-5-19(18)24(30)33/h2-8,12-13,22H,9-11H2,1H3,(H,26,27,28). The minimum Gasteiger partial charge on any atom is -0.339 e. The van der Waals surface area contributed by atoms with Gasteiger partial charge in [0.15, 0.2) is 0 Å². The molecule has 2 aliphatic heterocycles. The van der Waals surface area contributed by atoms with Gasteiger partial charge in [-0.25, -0.2) is 4.39 Å². The summed E-state index contributed by atoms with van der Waals surface area (Å²) in [6, 6.07) is 10.3. The molecule has 1 N–H and O–H groups in total. The van der Waals surface area contributed by atoms with E-state index in [-0.39, 0.29) is 5.91 Å². The summed E-state index contributed by atoms with van der Waals surface area (Å²) < 4.78 is 15.3. The molecule has 0 aliphatic carbocycles. The SMILES string of the molecule is CC(=O)N1CC=C(c2ccc(C(c3cn[nH]n3)N3C(=O)c4ccccc4C3=O)cc2F)CC1. The summed E-state index contributed by atoms with van der Waals surface area (Å²) in [5.41, 5.74) is 2.58. The highest BCUT2D eigenvalue weighted by Crippen LogP contribution is 2.36. The average molecular weight is 445 g/mol. The molecule has 1 aromatic heterocycles. The van der Waals surface area contributed by atoms with Crippen LogP contribution in [0.15, 0.2) is 54.7 Å². The van der Waals surface area contributed by atoms with E-state index in [0.29, 0.717) is 47.5 Å². The van der Waals surface area contributed by atoms with Crippen molar-refractivity contribution in [1.29, 1.82) is 0 Å². The highest BCUT2D eigenvalue weighted by molar-refractivity contribution is 6.21. The number of fused-ring (bicyclic) bond motifs is 1. The Kier molecular flexibility index (Phi) is 5.08. The van der Waals surface area contributed by atoms with Gasteiger partial charge in [-0.3, -0.25) is 19.3 Å². The molecule has 0 bridgehead atoms. The first-order valence-corrected chi connectivity index (χ1v) is 10.5. The molecule has 3 aromatic rings. The molecular weight excluding hydrogens is 425 g/mol. The fourth-order valence-electron chi connectivity index (χ4n) is 4.40. The molecule has 1 atom stereocenters. The number of H-pyrrole nitrogens is 1. The number of halogens is 1. The molecule has 0 saturated carbocycles. The number of nitrogens with zero attached hydrogens (tertiary/aromatic N) is 4. The van der Waals surface area contributed by atoms with Gasteiger partial charge in [0.25, 0.3) is 11.8 Å². The van der Waals surface area contributed by atoms with Crippen molar-refractivity contribution in [2.45, 2.75) is 19.4 Å². The molecule has 9 heteroatoms. The number of imide groups is 1. The number of aromatic nitrogens is 3. The van der Waals surface area contributed by atoms with Gasteiger partial charge in [0, 0.05) is 25.6 Å².